The number of carbonyl (C=O) groups excluding carboxylic acids is 1. The van der Waals surface area contributed by atoms with E-state index in [0.717, 1.165) is 6.08 Å². The van der Waals surface area contributed by atoms with Crippen molar-refractivity contribution in [2.75, 3.05) is 9.80 Å². The topological polar surface area (TPSA) is 46.6 Å². The van der Waals surface area contributed by atoms with Crippen LogP contribution in [0.4, 0.5) is 11.4 Å². The van der Waals surface area contributed by atoms with Gasteiger partial charge >= 0.3 is 27.7 Å². The van der Waals surface area contributed by atoms with Crippen LogP contribution in [0.3, 0.4) is 0 Å². The summed E-state index contributed by atoms with van der Waals surface area (Å²) in [7, 11) is 4.49. The van der Waals surface area contributed by atoms with E-state index in [1.807, 2.05) is 0 Å². The average molecular weight is 630 g/mol. The third-order valence-electron chi connectivity index (χ3n) is 6.15. The summed E-state index contributed by atoms with van der Waals surface area (Å²) in [6, 6.07) is 13.4. The van der Waals surface area contributed by atoms with Gasteiger partial charge in [-0.2, -0.15) is 0 Å². The molecule has 210 valence electrons. The second-order valence-electron chi connectivity index (χ2n) is 10.7. The van der Waals surface area contributed by atoms with Gasteiger partial charge < -0.3 is 14.9 Å². The van der Waals surface area contributed by atoms with Gasteiger partial charge in [0.15, 0.2) is 5.78 Å². The van der Waals surface area contributed by atoms with Crippen LogP contribution >= 0.6 is 9.53 Å². The van der Waals surface area contributed by atoms with Crippen molar-refractivity contribution in [2.24, 2.45) is 0 Å². The van der Waals surface area contributed by atoms with Crippen LogP contribution in [-0.4, -0.2) is 5.78 Å². The van der Waals surface area contributed by atoms with Gasteiger partial charge in [-0.15, -0.1) is 5.76 Å². The number of allylic oxidation sites excluding steroid dienone is 2. The monoisotopic (exact) mass is 628 g/mol. The van der Waals surface area contributed by atoms with Gasteiger partial charge in [0.1, 0.15) is 0 Å². The first kappa shape index (κ1) is 34.0. The molecule has 0 amide bonds. The van der Waals surface area contributed by atoms with Gasteiger partial charge in [-0.05, 0) is 58.9 Å². The zero-order chi connectivity index (χ0) is 29.2. The van der Waals surface area contributed by atoms with Gasteiger partial charge in [0.2, 0.25) is 6.67 Å². The molecule has 2 aromatic rings. The summed E-state index contributed by atoms with van der Waals surface area (Å²) in [5.41, 5.74) is 8.05. The van der Waals surface area contributed by atoms with E-state index in [0.29, 0.717) is 23.7 Å². The molecule has 0 saturated carbocycles. The summed E-state index contributed by atoms with van der Waals surface area (Å²) >= 11 is 2.22. The van der Waals surface area contributed by atoms with E-state index in [1.165, 1.54) is 47.5 Å². The number of hydrogen-bond acceptors (Lipinski definition) is 4. The molecule has 0 spiro atoms. The van der Waals surface area contributed by atoms with Crippen molar-refractivity contribution in [3.63, 3.8) is 0 Å². The van der Waals surface area contributed by atoms with Crippen molar-refractivity contribution in [3.8, 4) is 0 Å². The van der Waals surface area contributed by atoms with Crippen molar-refractivity contribution >= 4 is 26.7 Å². The standard InChI is InChI=1S/C27H36N2.C5H8O2.ClH.Pd/c1-18(2)22-11-9-12-23(19(3)4)26(22)28-15-16-29(17-28)27-24(20(5)6)13-10-14-25(27)21(7)8;1-4(6)3-5(2)7;;/h9-16,18-21H,1-8H3;3,6H,1-2H3;1H;/q;;;+2/p-2/b;4-3-;;. The molecule has 1 aliphatic heterocycles. The molecule has 6 heteroatoms. The van der Waals surface area contributed by atoms with Crippen molar-refractivity contribution in [2.45, 2.75) is 92.9 Å². The summed E-state index contributed by atoms with van der Waals surface area (Å²) in [6.45, 7) is 24.5. The zero-order valence-electron chi connectivity index (χ0n) is 24.4. The van der Waals surface area contributed by atoms with Crippen LogP contribution in [0.25, 0.3) is 0 Å². The normalized spacial score (nSPS) is 13.2. The molecule has 1 aliphatic rings. The molecule has 2 radical (unpaired) electrons. The predicted octanol–water partition coefficient (Wildman–Crippen LogP) is 8.50. The minimum atomic E-state index is -0.187. The maximum atomic E-state index is 9.98. The molecule has 0 atom stereocenters. The summed E-state index contributed by atoms with van der Waals surface area (Å²) in [4.78, 5) is 14.4. The second-order valence-corrected chi connectivity index (χ2v) is 10.7. The van der Waals surface area contributed by atoms with Crippen LogP contribution in [0.1, 0.15) is 115 Å². The number of carbonyl (C=O) groups is 1. The Morgan fingerprint density at radius 1 is 0.737 bits per heavy atom. The van der Waals surface area contributed by atoms with Crippen molar-refractivity contribution in [1.82, 2.24) is 0 Å². The number of rotatable bonds is 7. The van der Waals surface area contributed by atoms with Gasteiger partial charge in [-0.25, -0.2) is 0 Å². The average Bonchev–Trinajstić information content (AvgIpc) is 3.33. The van der Waals surface area contributed by atoms with Gasteiger partial charge in [-0.3, -0.25) is 4.79 Å². The van der Waals surface area contributed by atoms with Crippen molar-refractivity contribution in [3.05, 3.63) is 89.6 Å². The van der Waals surface area contributed by atoms with Crippen molar-refractivity contribution < 1.29 is 28.1 Å². The Kier molecular flexibility index (Phi) is 14.4. The third kappa shape index (κ3) is 9.30. The molecule has 0 fully saturated rings. The predicted molar refractivity (Wildman–Crippen MR) is 157 cm³/mol. The molecule has 0 aliphatic carbocycles. The number of anilines is 2. The van der Waals surface area contributed by atoms with E-state index in [2.05, 4.69) is 148 Å². The Bertz CT molecular complexity index is 979. The molecular formula is C32H43ClN2O2Pd. The number of hydrogen-bond donors (Lipinski definition) is 0. The molecule has 38 heavy (non-hydrogen) atoms. The molecule has 0 bridgehead atoms. The molecule has 0 saturated heterocycles. The van der Waals surface area contributed by atoms with Crippen LogP contribution < -0.4 is 14.9 Å². The van der Waals surface area contributed by atoms with E-state index in [1.54, 1.807) is 0 Å². The summed E-state index contributed by atoms with van der Waals surface area (Å²) in [5, 5.41) is 9.98. The SMILES string of the molecule is CC(=O)/C=C(/C)[O-].CC(C)c1cccc(C(C)C)c1N1[C]N(c2c(C(C)C)cccc2C(C)C)C=C1.[Cl][Pd+]. The third-order valence-corrected chi connectivity index (χ3v) is 6.15. The molecule has 3 rings (SSSR count). The van der Waals surface area contributed by atoms with E-state index < -0.39 is 0 Å². The number of ketones is 1. The number of para-hydroxylation sites is 2. The summed E-state index contributed by atoms with van der Waals surface area (Å²) < 4.78 is 0. The molecular weight excluding hydrogens is 586 g/mol. The van der Waals surface area contributed by atoms with Gasteiger partial charge in [-0.1, -0.05) is 98.7 Å². The van der Waals surface area contributed by atoms with Gasteiger partial charge in [0.05, 0.1) is 11.4 Å². The first-order chi connectivity index (χ1) is 17.8. The molecule has 4 nitrogen and oxygen atoms in total. The Morgan fingerprint density at radius 3 is 1.21 bits per heavy atom. The van der Waals surface area contributed by atoms with E-state index in [9.17, 15) is 9.90 Å². The number of halogens is 1. The van der Waals surface area contributed by atoms with Crippen LogP contribution in [0.5, 0.6) is 0 Å². The minimum absolute atomic E-state index is 0.187. The van der Waals surface area contributed by atoms with Gasteiger partial charge in [0.25, 0.3) is 0 Å². The summed E-state index contributed by atoms with van der Waals surface area (Å²) in [6.07, 6.45) is 5.38. The van der Waals surface area contributed by atoms with Crippen LogP contribution in [-0.2, 0) is 23.0 Å². The molecule has 0 N–H and O–H groups in total. The first-order valence-corrected chi connectivity index (χ1v) is 15.1. The second kappa shape index (κ2) is 16.1. The molecule has 0 aromatic heterocycles. The number of nitrogens with zero attached hydrogens (tertiary/aromatic N) is 2. The van der Waals surface area contributed by atoms with Gasteiger partial charge in [0, 0.05) is 12.4 Å². The maximum absolute atomic E-state index is 9.98. The van der Waals surface area contributed by atoms with Crippen LogP contribution in [0, 0.1) is 6.67 Å². The van der Waals surface area contributed by atoms with Crippen LogP contribution in [0.2, 0.25) is 0 Å². The molecule has 2 aromatic carbocycles. The van der Waals surface area contributed by atoms with E-state index >= 15 is 0 Å². The fourth-order valence-corrected chi connectivity index (χ4v) is 4.43. The van der Waals surface area contributed by atoms with Crippen molar-refractivity contribution in [1.29, 1.82) is 0 Å². The fourth-order valence-electron chi connectivity index (χ4n) is 4.43. The van der Waals surface area contributed by atoms with Crippen LogP contribution in [0.15, 0.2) is 60.6 Å². The quantitative estimate of drug-likeness (QED) is 0.175. The fraction of sp³-hybridized carbons (Fsp3) is 0.438. The zero-order valence-corrected chi connectivity index (χ0v) is 26.7. The Hall–Kier alpha value is -2.06. The Balaban J connectivity index is 0.000000696. The van der Waals surface area contributed by atoms with E-state index in [-0.39, 0.29) is 11.5 Å². The first-order valence-electron chi connectivity index (χ1n) is 13.1. The number of benzene rings is 2. The molecule has 1 heterocycles. The molecule has 0 unspecified atom stereocenters. The Labute approximate surface area is 246 Å². The van der Waals surface area contributed by atoms with E-state index in [4.69, 9.17) is 0 Å². The Morgan fingerprint density at radius 2 is 1.03 bits per heavy atom. The summed E-state index contributed by atoms with van der Waals surface area (Å²) in [5.74, 6) is 1.47.